The molecule has 1 atom stereocenters. The van der Waals surface area contributed by atoms with Gasteiger partial charge in [-0.15, -0.1) is 0 Å². The minimum Gasteiger partial charge on any atom is -0.381 e. The van der Waals surface area contributed by atoms with Crippen molar-refractivity contribution in [1.29, 1.82) is 0 Å². The number of aromatic nitrogens is 2. The normalized spacial score (nSPS) is 22.1. The van der Waals surface area contributed by atoms with Gasteiger partial charge in [-0.05, 0) is 38.0 Å². The van der Waals surface area contributed by atoms with Crippen LogP contribution in [0.4, 0.5) is 8.78 Å². The van der Waals surface area contributed by atoms with Crippen molar-refractivity contribution in [1.82, 2.24) is 15.0 Å². The van der Waals surface area contributed by atoms with Gasteiger partial charge in [-0.1, -0.05) is 5.16 Å². The maximum atomic E-state index is 13.5. The van der Waals surface area contributed by atoms with E-state index in [4.69, 9.17) is 9.26 Å². The van der Waals surface area contributed by atoms with E-state index in [-0.39, 0.29) is 22.8 Å². The van der Waals surface area contributed by atoms with Crippen LogP contribution in [0.1, 0.15) is 40.8 Å². The number of halogens is 2. The highest BCUT2D eigenvalue weighted by molar-refractivity contribution is 5.94. The van der Waals surface area contributed by atoms with Gasteiger partial charge in [0.05, 0.1) is 5.92 Å². The lowest BCUT2D eigenvalue weighted by atomic mass is 9.72. The Balaban J connectivity index is 1.64. The summed E-state index contributed by atoms with van der Waals surface area (Å²) in [7, 11) is 0. The van der Waals surface area contributed by atoms with Crippen molar-refractivity contribution < 1.29 is 22.8 Å². The molecule has 1 aromatic carbocycles. The summed E-state index contributed by atoms with van der Waals surface area (Å²) in [4.78, 5) is 18.9. The second kappa shape index (κ2) is 6.42. The zero-order chi connectivity index (χ0) is 18.3. The van der Waals surface area contributed by atoms with E-state index in [0.717, 1.165) is 25.0 Å². The van der Waals surface area contributed by atoms with Crippen molar-refractivity contribution in [2.24, 2.45) is 5.41 Å². The molecule has 1 amide bonds. The molecule has 2 aromatic rings. The second-order valence-electron chi connectivity index (χ2n) is 7.02. The molecule has 0 saturated carbocycles. The van der Waals surface area contributed by atoms with Crippen molar-refractivity contribution in [3.8, 4) is 0 Å². The van der Waals surface area contributed by atoms with Crippen LogP contribution in [0.3, 0.4) is 0 Å². The van der Waals surface area contributed by atoms with Crippen molar-refractivity contribution in [2.45, 2.75) is 25.7 Å². The van der Waals surface area contributed by atoms with Gasteiger partial charge in [0.15, 0.2) is 17.5 Å². The molecule has 138 valence electrons. The van der Waals surface area contributed by atoms with Gasteiger partial charge in [0.1, 0.15) is 0 Å². The molecule has 0 radical (unpaired) electrons. The summed E-state index contributed by atoms with van der Waals surface area (Å²) in [6.45, 7) is 3.87. The van der Waals surface area contributed by atoms with Crippen LogP contribution in [-0.2, 0) is 4.74 Å². The molecule has 0 unspecified atom stereocenters. The second-order valence-corrected chi connectivity index (χ2v) is 7.02. The van der Waals surface area contributed by atoms with Gasteiger partial charge in [-0.3, -0.25) is 4.79 Å². The SMILES string of the molecule is Cc1noc([C@H]2CN(C(=O)c3ccc(F)c(F)c3)CC23CCOCC3)n1. The number of carbonyl (C=O) groups is 1. The molecule has 1 aromatic heterocycles. The Morgan fingerprint density at radius 2 is 2.04 bits per heavy atom. The Hall–Kier alpha value is -2.35. The molecule has 1 spiro atoms. The molecule has 26 heavy (non-hydrogen) atoms. The lowest BCUT2D eigenvalue weighted by molar-refractivity contribution is 0.00836. The van der Waals surface area contributed by atoms with E-state index in [1.807, 2.05) is 0 Å². The van der Waals surface area contributed by atoms with Gasteiger partial charge in [-0.2, -0.15) is 4.98 Å². The number of hydrogen-bond acceptors (Lipinski definition) is 5. The summed E-state index contributed by atoms with van der Waals surface area (Å²) < 4.78 is 37.6. The van der Waals surface area contributed by atoms with Gasteiger partial charge >= 0.3 is 0 Å². The van der Waals surface area contributed by atoms with Crippen LogP contribution < -0.4 is 0 Å². The van der Waals surface area contributed by atoms with Crippen molar-refractivity contribution in [2.75, 3.05) is 26.3 Å². The van der Waals surface area contributed by atoms with E-state index in [1.54, 1.807) is 11.8 Å². The predicted octanol–water partition coefficient (Wildman–Crippen LogP) is 2.69. The summed E-state index contributed by atoms with van der Waals surface area (Å²) in [5.74, 6) is -1.35. The molecule has 4 rings (SSSR count). The largest absolute Gasteiger partial charge is 0.381 e. The average Bonchev–Trinajstić information content (AvgIpc) is 3.21. The number of carbonyl (C=O) groups excluding carboxylic acids is 1. The Bertz CT molecular complexity index is 833. The van der Waals surface area contributed by atoms with E-state index >= 15 is 0 Å². The fourth-order valence-corrected chi connectivity index (χ4v) is 4.01. The van der Waals surface area contributed by atoms with Crippen LogP contribution in [0.2, 0.25) is 0 Å². The van der Waals surface area contributed by atoms with Gasteiger partial charge in [-0.25, -0.2) is 8.78 Å². The van der Waals surface area contributed by atoms with Gasteiger partial charge in [0, 0.05) is 37.3 Å². The third-order valence-corrected chi connectivity index (χ3v) is 5.43. The van der Waals surface area contributed by atoms with Crippen LogP contribution in [0.25, 0.3) is 0 Å². The van der Waals surface area contributed by atoms with E-state index < -0.39 is 11.6 Å². The maximum Gasteiger partial charge on any atom is 0.254 e. The highest BCUT2D eigenvalue weighted by Gasteiger charge is 2.51. The average molecular weight is 363 g/mol. The summed E-state index contributed by atoms with van der Waals surface area (Å²) in [5, 5.41) is 3.88. The molecule has 8 heteroatoms. The molecule has 2 aliphatic rings. The van der Waals surface area contributed by atoms with Crippen molar-refractivity contribution in [3.05, 3.63) is 47.1 Å². The summed E-state index contributed by atoms with van der Waals surface area (Å²) in [5.41, 5.74) is -0.0701. The molecular weight excluding hydrogens is 344 g/mol. The summed E-state index contributed by atoms with van der Waals surface area (Å²) >= 11 is 0. The monoisotopic (exact) mass is 363 g/mol. The molecule has 3 heterocycles. The van der Waals surface area contributed by atoms with Crippen LogP contribution in [-0.4, -0.2) is 47.3 Å². The third-order valence-electron chi connectivity index (χ3n) is 5.43. The number of hydrogen-bond donors (Lipinski definition) is 0. The van der Waals surface area contributed by atoms with E-state index in [1.165, 1.54) is 6.07 Å². The van der Waals surface area contributed by atoms with Crippen molar-refractivity contribution in [3.63, 3.8) is 0 Å². The Morgan fingerprint density at radius 1 is 1.27 bits per heavy atom. The molecular formula is C18H19F2N3O3. The number of ether oxygens (including phenoxy) is 1. The van der Waals surface area contributed by atoms with Crippen LogP contribution in [0.15, 0.2) is 22.7 Å². The highest BCUT2D eigenvalue weighted by Crippen LogP contribution is 2.49. The van der Waals surface area contributed by atoms with E-state index in [2.05, 4.69) is 10.1 Å². The number of rotatable bonds is 2. The summed E-state index contributed by atoms with van der Waals surface area (Å²) in [6, 6.07) is 3.22. The minimum atomic E-state index is -1.03. The smallest absolute Gasteiger partial charge is 0.254 e. The molecule has 6 nitrogen and oxygen atoms in total. The fraction of sp³-hybridized carbons (Fsp3) is 0.500. The van der Waals surface area contributed by atoms with Crippen LogP contribution in [0.5, 0.6) is 0 Å². The molecule has 2 aliphatic heterocycles. The minimum absolute atomic E-state index is 0.0955. The predicted molar refractivity (Wildman–Crippen MR) is 86.5 cm³/mol. The standard InChI is InChI=1S/C18H19F2N3O3/c1-11-21-16(26-22-11)13-9-23(10-18(13)4-6-25-7-5-18)17(24)12-2-3-14(19)15(20)8-12/h2-3,8,13H,4-7,9-10H2,1H3/t13-/m1/s1. The van der Waals surface area contributed by atoms with Gasteiger partial charge in [0.2, 0.25) is 5.89 Å². The number of likely N-dealkylation sites (tertiary alicyclic amines) is 1. The molecule has 2 saturated heterocycles. The maximum absolute atomic E-state index is 13.5. The fourth-order valence-electron chi connectivity index (χ4n) is 4.01. The highest BCUT2D eigenvalue weighted by atomic mass is 19.2. The lowest BCUT2D eigenvalue weighted by Crippen LogP contribution is -2.37. The Morgan fingerprint density at radius 3 is 2.69 bits per heavy atom. The quantitative estimate of drug-likeness (QED) is 0.821. The van der Waals surface area contributed by atoms with E-state index in [0.29, 0.717) is 38.0 Å². The first-order valence-electron chi connectivity index (χ1n) is 8.61. The topological polar surface area (TPSA) is 68.5 Å². The Labute approximate surface area is 149 Å². The first kappa shape index (κ1) is 17.1. The number of nitrogens with zero attached hydrogens (tertiary/aromatic N) is 3. The van der Waals surface area contributed by atoms with Gasteiger partial charge < -0.3 is 14.2 Å². The first-order valence-corrected chi connectivity index (χ1v) is 8.61. The molecule has 0 bridgehead atoms. The van der Waals surface area contributed by atoms with Crippen LogP contribution in [0, 0.1) is 24.0 Å². The number of amides is 1. The van der Waals surface area contributed by atoms with Gasteiger partial charge in [0.25, 0.3) is 5.91 Å². The Kier molecular flexibility index (Phi) is 4.22. The molecule has 2 fully saturated rings. The first-order chi connectivity index (χ1) is 12.5. The zero-order valence-corrected chi connectivity index (χ0v) is 14.4. The zero-order valence-electron chi connectivity index (χ0n) is 14.4. The number of benzene rings is 1. The van der Waals surface area contributed by atoms with E-state index in [9.17, 15) is 13.6 Å². The molecule has 0 aliphatic carbocycles. The van der Waals surface area contributed by atoms with Crippen molar-refractivity contribution >= 4 is 5.91 Å². The van der Waals surface area contributed by atoms with Crippen LogP contribution >= 0.6 is 0 Å². The number of aryl methyl sites for hydroxylation is 1. The third kappa shape index (κ3) is 2.88. The summed E-state index contributed by atoms with van der Waals surface area (Å²) in [6.07, 6.45) is 1.56. The lowest BCUT2D eigenvalue weighted by Gasteiger charge is -2.36. The molecule has 0 N–H and O–H groups in total.